The van der Waals surface area contributed by atoms with Gasteiger partial charge in [-0.2, -0.15) is 12.6 Å². The molecule has 0 fully saturated rings. The molecule has 0 aromatic heterocycles. The number of hydrogen-bond donors (Lipinski definition) is 1. The summed E-state index contributed by atoms with van der Waals surface area (Å²) in [6.45, 7) is 5.75. The van der Waals surface area contributed by atoms with Gasteiger partial charge < -0.3 is 0 Å². The molecule has 0 bridgehead atoms. The molecule has 0 aliphatic heterocycles. The zero-order valence-electron chi connectivity index (χ0n) is 7.37. The first-order chi connectivity index (χ1) is 5.04. The molecule has 11 heavy (non-hydrogen) atoms. The van der Waals surface area contributed by atoms with Gasteiger partial charge in [-0.15, -0.1) is 0 Å². The van der Waals surface area contributed by atoms with Gasteiger partial charge in [0, 0.05) is 5.25 Å². The van der Waals surface area contributed by atoms with Crippen LogP contribution in [0.5, 0.6) is 0 Å². The van der Waals surface area contributed by atoms with E-state index >= 15 is 0 Å². The Bertz CT molecular complexity index is 150. The third-order valence-electron chi connectivity index (χ3n) is 1.68. The minimum atomic E-state index is 0.115. The van der Waals surface area contributed by atoms with Gasteiger partial charge in [0.2, 0.25) is 0 Å². The van der Waals surface area contributed by atoms with Crippen molar-refractivity contribution in [3.8, 4) is 0 Å². The lowest BCUT2D eigenvalue weighted by molar-refractivity contribution is -0.112. The highest BCUT2D eigenvalue weighted by Crippen LogP contribution is 2.13. The highest BCUT2D eigenvalue weighted by Gasteiger charge is 2.04. The molecule has 0 aliphatic carbocycles. The molecule has 64 valence electrons. The molecule has 2 atom stereocenters. The van der Waals surface area contributed by atoms with Crippen LogP contribution in [-0.2, 0) is 4.79 Å². The lowest BCUT2D eigenvalue weighted by atomic mass is 10.0. The molecule has 1 nitrogen and oxygen atoms in total. The maximum absolute atomic E-state index is 10.5. The van der Waals surface area contributed by atoms with Crippen molar-refractivity contribution in [2.45, 2.75) is 32.4 Å². The third kappa shape index (κ3) is 6.17. The molecule has 0 rings (SSSR count). The Hall–Kier alpha value is -0.240. The Labute approximate surface area is 74.3 Å². The molecule has 0 aliphatic rings. The smallest absolute Gasteiger partial charge is 0.152 e. The number of ketones is 1. The Morgan fingerprint density at radius 1 is 1.55 bits per heavy atom. The quantitative estimate of drug-likeness (QED) is 0.509. The van der Waals surface area contributed by atoms with Crippen molar-refractivity contribution in [1.29, 1.82) is 0 Å². The molecule has 0 saturated carbocycles. The van der Waals surface area contributed by atoms with E-state index in [2.05, 4.69) is 26.5 Å². The Balaban J connectivity index is 3.61. The van der Waals surface area contributed by atoms with Crippen LogP contribution in [0.2, 0.25) is 0 Å². The van der Waals surface area contributed by atoms with Gasteiger partial charge in [-0.1, -0.05) is 19.9 Å². The van der Waals surface area contributed by atoms with E-state index in [1.165, 1.54) is 0 Å². The summed E-state index contributed by atoms with van der Waals surface area (Å²) in [5.41, 5.74) is 0. The van der Waals surface area contributed by atoms with Gasteiger partial charge in [0.05, 0.1) is 0 Å². The number of allylic oxidation sites excluding steroid dienone is 2. The normalized spacial score (nSPS) is 16.7. The highest BCUT2D eigenvalue weighted by molar-refractivity contribution is 7.80. The van der Waals surface area contributed by atoms with Gasteiger partial charge in [-0.25, -0.2) is 0 Å². The van der Waals surface area contributed by atoms with Crippen molar-refractivity contribution < 1.29 is 4.79 Å². The average Bonchev–Trinajstić information content (AvgIpc) is 1.86. The summed E-state index contributed by atoms with van der Waals surface area (Å²) in [4.78, 5) is 10.5. The second-order valence-corrected chi connectivity index (χ2v) is 3.78. The molecule has 2 heteroatoms. The summed E-state index contributed by atoms with van der Waals surface area (Å²) < 4.78 is 0. The first-order valence-electron chi connectivity index (χ1n) is 3.89. The zero-order valence-corrected chi connectivity index (χ0v) is 8.27. The molecule has 0 amide bonds. The Kier molecular flexibility index (Phi) is 5.30. The maximum atomic E-state index is 10.5. The van der Waals surface area contributed by atoms with E-state index in [9.17, 15) is 4.79 Å². The van der Waals surface area contributed by atoms with E-state index < -0.39 is 0 Å². The van der Waals surface area contributed by atoms with Crippen LogP contribution in [-0.4, -0.2) is 11.0 Å². The summed E-state index contributed by atoms with van der Waals surface area (Å²) in [6.07, 6.45) is 4.47. The van der Waals surface area contributed by atoms with Gasteiger partial charge in [0.25, 0.3) is 0 Å². The van der Waals surface area contributed by atoms with Gasteiger partial charge in [0.1, 0.15) is 0 Å². The standard InChI is InChI=1S/C9H16OS/c1-7(9(3)11)5-4-6-8(2)10/h4,6-7,9,11H,5H2,1-3H3/b6-4+. The van der Waals surface area contributed by atoms with Crippen molar-refractivity contribution in [2.75, 3.05) is 0 Å². The predicted molar refractivity (Wildman–Crippen MR) is 52.1 cm³/mol. The molecule has 0 spiro atoms. The second-order valence-electron chi connectivity index (χ2n) is 2.97. The molecular weight excluding hydrogens is 156 g/mol. The lowest BCUT2D eigenvalue weighted by Gasteiger charge is -2.10. The van der Waals surface area contributed by atoms with Gasteiger partial charge in [-0.05, 0) is 25.3 Å². The fourth-order valence-corrected chi connectivity index (χ4v) is 0.767. The SMILES string of the molecule is CC(=O)/C=C/CC(C)C(C)S. The molecular formula is C9H16OS. The van der Waals surface area contributed by atoms with Crippen molar-refractivity contribution in [2.24, 2.45) is 5.92 Å². The summed E-state index contributed by atoms with van der Waals surface area (Å²) in [6, 6.07) is 0. The fourth-order valence-electron chi connectivity index (χ4n) is 0.646. The first kappa shape index (κ1) is 10.8. The lowest BCUT2D eigenvalue weighted by Crippen LogP contribution is -2.05. The number of hydrogen-bond acceptors (Lipinski definition) is 2. The Morgan fingerprint density at radius 3 is 2.45 bits per heavy atom. The molecule has 0 N–H and O–H groups in total. The molecule has 0 saturated heterocycles. The van der Waals surface area contributed by atoms with E-state index in [4.69, 9.17) is 0 Å². The second kappa shape index (κ2) is 5.42. The summed E-state index contributed by atoms with van der Waals surface area (Å²) in [7, 11) is 0. The average molecular weight is 172 g/mol. The first-order valence-corrected chi connectivity index (χ1v) is 4.41. The number of carbonyl (C=O) groups is 1. The van der Waals surface area contributed by atoms with Crippen LogP contribution in [0, 0.1) is 5.92 Å². The van der Waals surface area contributed by atoms with E-state index in [1.54, 1.807) is 13.0 Å². The third-order valence-corrected chi connectivity index (χ3v) is 2.19. The molecule has 0 aromatic carbocycles. The van der Waals surface area contributed by atoms with Crippen LogP contribution in [0.1, 0.15) is 27.2 Å². The predicted octanol–water partition coefficient (Wildman–Crippen LogP) is 2.48. The van der Waals surface area contributed by atoms with Crippen LogP contribution in [0.4, 0.5) is 0 Å². The topological polar surface area (TPSA) is 17.1 Å². The minimum absolute atomic E-state index is 0.115. The van der Waals surface area contributed by atoms with Crippen LogP contribution < -0.4 is 0 Å². The molecule has 0 heterocycles. The number of carbonyl (C=O) groups excluding carboxylic acids is 1. The number of thiol groups is 1. The van der Waals surface area contributed by atoms with E-state index in [1.807, 2.05) is 6.08 Å². The van der Waals surface area contributed by atoms with Gasteiger partial charge in [-0.3, -0.25) is 4.79 Å². The zero-order chi connectivity index (χ0) is 8.85. The van der Waals surface area contributed by atoms with Crippen LogP contribution in [0.15, 0.2) is 12.2 Å². The van der Waals surface area contributed by atoms with Crippen molar-refractivity contribution in [1.82, 2.24) is 0 Å². The number of rotatable bonds is 4. The van der Waals surface area contributed by atoms with E-state index in [0.717, 1.165) is 6.42 Å². The van der Waals surface area contributed by atoms with E-state index in [-0.39, 0.29) is 5.78 Å². The molecule has 0 radical (unpaired) electrons. The summed E-state index contributed by atoms with van der Waals surface area (Å²) >= 11 is 4.30. The van der Waals surface area contributed by atoms with Crippen molar-refractivity contribution in [3.05, 3.63) is 12.2 Å². The van der Waals surface area contributed by atoms with Crippen molar-refractivity contribution >= 4 is 18.4 Å². The summed E-state index contributed by atoms with van der Waals surface area (Å²) in [5.74, 6) is 0.651. The summed E-state index contributed by atoms with van der Waals surface area (Å²) in [5, 5.41) is 0.395. The molecule has 0 aromatic rings. The van der Waals surface area contributed by atoms with Gasteiger partial charge in [0.15, 0.2) is 5.78 Å². The van der Waals surface area contributed by atoms with E-state index in [0.29, 0.717) is 11.2 Å². The highest BCUT2D eigenvalue weighted by atomic mass is 32.1. The monoisotopic (exact) mass is 172 g/mol. The van der Waals surface area contributed by atoms with Crippen LogP contribution in [0.3, 0.4) is 0 Å². The molecule has 2 unspecified atom stereocenters. The Morgan fingerprint density at radius 2 is 2.09 bits per heavy atom. The fraction of sp³-hybridized carbons (Fsp3) is 0.667. The largest absolute Gasteiger partial charge is 0.295 e. The van der Waals surface area contributed by atoms with Gasteiger partial charge >= 0.3 is 0 Å². The van der Waals surface area contributed by atoms with Crippen molar-refractivity contribution in [3.63, 3.8) is 0 Å². The minimum Gasteiger partial charge on any atom is -0.295 e. The van der Waals surface area contributed by atoms with Crippen LogP contribution >= 0.6 is 12.6 Å². The maximum Gasteiger partial charge on any atom is 0.152 e. The van der Waals surface area contributed by atoms with Crippen LogP contribution in [0.25, 0.3) is 0 Å².